The zero-order valence-corrected chi connectivity index (χ0v) is 12.0. The fourth-order valence-corrected chi connectivity index (χ4v) is 1.53. The van der Waals surface area contributed by atoms with E-state index in [4.69, 9.17) is 14.2 Å². The maximum atomic E-state index is 12.0. The van der Waals surface area contributed by atoms with Gasteiger partial charge in [-0.25, -0.2) is 4.79 Å². The molecule has 0 unspecified atom stereocenters. The lowest BCUT2D eigenvalue weighted by Gasteiger charge is -2.22. The topological polar surface area (TPSA) is 60.0 Å². The zero-order chi connectivity index (χ0) is 14.6. The Labute approximate surface area is 119 Å². The molecule has 0 atom stereocenters. The van der Waals surface area contributed by atoms with E-state index in [2.05, 4.69) is 5.32 Å². The van der Waals surface area contributed by atoms with Gasteiger partial charge in [0.2, 0.25) is 0 Å². The van der Waals surface area contributed by atoms with Crippen LogP contribution in [0.2, 0.25) is 0 Å². The molecule has 1 aromatic carbocycles. The third kappa shape index (κ3) is 6.40. The molecule has 1 rings (SSSR count). The molecule has 0 aliphatic carbocycles. The summed E-state index contributed by atoms with van der Waals surface area (Å²) in [6.07, 6.45) is 0. The molecule has 1 aromatic rings. The number of nitrogens with zero attached hydrogens (tertiary/aromatic N) is 1. The molecule has 0 radical (unpaired) electrons. The number of para-hydroxylation sites is 1. The smallest absolute Gasteiger partial charge is 0.320 e. The van der Waals surface area contributed by atoms with Gasteiger partial charge in [0.05, 0.1) is 13.2 Å². The van der Waals surface area contributed by atoms with Crippen molar-refractivity contribution in [3.05, 3.63) is 30.3 Å². The zero-order valence-electron chi connectivity index (χ0n) is 12.0. The van der Waals surface area contributed by atoms with E-state index in [0.717, 1.165) is 0 Å². The van der Waals surface area contributed by atoms with Crippen LogP contribution in [0.4, 0.5) is 4.79 Å². The number of hydrogen-bond donors (Lipinski definition) is 1. The summed E-state index contributed by atoms with van der Waals surface area (Å²) < 4.78 is 15.4. The van der Waals surface area contributed by atoms with E-state index in [1.165, 1.54) is 0 Å². The van der Waals surface area contributed by atoms with Crippen LogP contribution in [-0.4, -0.2) is 58.2 Å². The van der Waals surface area contributed by atoms with Gasteiger partial charge in [0.25, 0.3) is 0 Å². The van der Waals surface area contributed by atoms with E-state index >= 15 is 0 Å². The van der Waals surface area contributed by atoms with E-state index in [-0.39, 0.29) is 12.8 Å². The molecular weight excluding hydrogens is 260 g/mol. The first kappa shape index (κ1) is 16.3. The van der Waals surface area contributed by atoms with Gasteiger partial charge in [-0.3, -0.25) is 0 Å². The molecular formula is C14H22N2O4. The molecule has 20 heavy (non-hydrogen) atoms. The van der Waals surface area contributed by atoms with Gasteiger partial charge in [0.1, 0.15) is 5.75 Å². The highest BCUT2D eigenvalue weighted by Crippen LogP contribution is 2.07. The Hall–Kier alpha value is -1.79. The largest absolute Gasteiger partial charge is 0.473 e. The monoisotopic (exact) mass is 282 g/mol. The summed E-state index contributed by atoms with van der Waals surface area (Å²) in [5, 5.41) is 2.70. The molecule has 6 nitrogen and oxygen atoms in total. The lowest BCUT2D eigenvalue weighted by molar-refractivity contribution is 0.119. The van der Waals surface area contributed by atoms with Gasteiger partial charge in [-0.2, -0.15) is 0 Å². The van der Waals surface area contributed by atoms with Crippen LogP contribution in [0.5, 0.6) is 5.75 Å². The molecule has 0 fully saturated rings. The fraction of sp³-hybridized carbons (Fsp3) is 0.500. The van der Waals surface area contributed by atoms with Crippen LogP contribution in [0.3, 0.4) is 0 Å². The molecule has 0 heterocycles. The van der Waals surface area contributed by atoms with Crippen molar-refractivity contribution < 1.29 is 19.0 Å². The van der Waals surface area contributed by atoms with Gasteiger partial charge in [-0.1, -0.05) is 18.2 Å². The Morgan fingerprint density at radius 2 is 1.70 bits per heavy atom. The van der Waals surface area contributed by atoms with Gasteiger partial charge < -0.3 is 24.4 Å². The predicted octanol–water partition coefficient (Wildman–Crippen LogP) is 1.33. The number of methoxy groups -OCH3 is 2. The molecule has 2 amide bonds. The second kappa shape index (κ2) is 10.1. The van der Waals surface area contributed by atoms with Crippen molar-refractivity contribution in [3.8, 4) is 5.75 Å². The highest BCUT2D eigenvalue weighted by Gasteiger charge is 2.12. The van der Waals surface area contributed by atoms with Crippen molar-refractivity contribution in [2.75, 3.05) is 47.3 Å². The highest BCUT2D eigenvalue weighted by molar-refractivity contribution is 5.74. The fourth-order valence-electron chi connectivity index (χ4n) is 1.53. The summed E-state index contributed by atoms with van der Waals surface area (Å²) in [4.78, 5) is 13.6. The Bertz CT molecular complexity index is 365. The van der Waals surface area contributed by atoms with Crippen LogP contribution in [0.15, 0.2) is 30.3 Å². The number of carbonyl (C=O) groups is 1. The van der Waals surface area contributed by atoms with Crippen LogP contribution >= 0.6 is 0 Å². The van der Waals surface area contributed by atoms with E-state index in [1.807, 2.05) is 30.3 Å². The van der Waals surface area contributed by atoms with Gasteiger partial charge in [-0.15, -0.1) is 0 Å². The van der Waals surface area contributed by atoms with Crippen LogP contribution in [0.25, 0.3) is 0 Å². The van der Waals surface area contributed by atoms with Crippen molar-refractivity contribution in [3.63, 3.8) is 0 Å². The molecule has 0 aliphatic heterocycles. The number of nitrogens with one attached hydrogen (secondary N) is 1. The first-order valence-corrected chi connectivity index (χ1v) is 6.46. The second-order valence-electron chi connectivity index (χ2n) is 4.06. The summed E-state index contributed by atoms with van der Waals surface area (Å²) in [6.45, 7) is 2.11. The lowest BCUT2D eigenvalue weighted by Crippen LogP contribution is -2.44. The molecule has 112 valence electrons. The minimum absolute atomic E-state index is 0.124. The molecule has 0 aromatic heterocycles. The van der Waals surface area contributed by atoms with Crippen molar-refractivity contribution in [2.45, 2.75) is 0 Å². The Balaban J connectivity index is 2.32. The number of amides is 2. The molecule has 0 saturated carbocycles. The quantitative estimate of drug-likeness (QED) is 0.694. The van der Waals surface area contributed by atoms with E-state index < -0.39 is 0 Å². The van der Waals surface area contributed by atoms with Crippen LogP contribution in [0.1, 0.15) is 0 Å². The summed E-state index contributed by atoms with van der Waals surface area (Å²) in [7, 11) is 3.20. The Kier molecular flexibility index (Phi) is 8.17. The summed E-state index contributed by atoms with van der Waals surface area (Å²) in [6, 6.07) is 9.12. The molecule has 0 spiro atoms. The van der Waals surface area contributed by atoms with E-state index in [1.54, 1.807) is 19.1 Å². The van der Waals surface area contributed by atoms with Crippen LogP contribution in [0, 0.1) is 0 Å². The Morgan fingerprint density at radius 1 is 1.10 bits per heavy atom. The minimum Gasteiger partial charge on any atom is -0.473 e. The average Bonchev–Trinajstić information content (AvgIpc) is 2.48. The third-order valence-electron chi connectivity index (χ3n) is 2.62. The highest BCUT2D eigenvalue weighted by atomic mass is 16.5. The number of rotatable bonds is 9. The van der Waals surface area contributed by atoms with Crippen molar-refractivity contribution >= 4 is 6.03 Å². The number of hydrogen-bond acceptors (Lipinski definition) is 4. The van der Waals surface area contributed by atoms with Crippen molar-refractivity contribution in [2.24, 2.45) is 0 Å². The third-order valence-corrected chi connectivity index (χ3v) is 2.62. The van der Waals surface area contributed by atoms with E-state index in [0.29, 0.717) is 32.1 Å². The lowest BCUT2D eigenvalue weighted by atomic mass is 10.3. The number of ether oxygens (including phenoxy) is 3. The van der Waals surface area contributed by atoms with Gasteiger partial charge in [0, 0.05) is 27.3 Å². The summed E-state index contributed by atoms with van der Waals surface area (Å²) >= 11 is 0. The molecule has 6 heteroatoms. The first-order chi connectivity index (χ1) is 9.77. The molecule has 0 bridgehead atoms. The number of benzene rings is 1. The van der Waals surface area contributed by atoms with Crippen LogP contribution < -0.4 is 10.1 Å². The van der Waals surface area contributed by atoms with Gasteiger partial charge in [0.15, 0.2) is 6.73 Å². The second-order valence-corrected chi connectivity index (χ2v) is 4.06. The Morgan fingerprint density at radius 3 is 2.25 bits per heavy atom. The van der Waals surface area contributed by atoms with Crippen molar-refractivity contribution in [1.82, 2.24) is 10.2 Å². The van der Waals surface area contributed by atoms with E-state index in [9.17, 15) is 4.79 Å². The SMILES string of the molecule is COCCN(CCOC)C(=O)NCOc1ccccc1. The molecule has 0 saturated heterocycles. The minimum atomic E-state index is -0.199. The normalized spacial score (nSPS) is 10.1. The molecule has 0 aliphatic rings. The summed E-state index contributed by atoms with van der Waals surface area (Å²) in [5.74, 6) is 0.716. The maximum Gasteiger partial charge on any atom is 0.320 e. The summed E-state index contributed by atoms with van der Waals surface area (Å²) in [5.41, 5.74) is 0. The van der Waals surface area contributed by atoms with Crippen molar-refractivity contribution in [1.29, 1.82) is 0 Å². The van der Waals surface area contributed by atoms with Gasteiger partial charge >= 0.3 is 6.03 Å². The number of urea groups is 1. The first-order valence-electron chi connectivity index (χ1n) is 6.46. The number of carbonyl (C=O) groups excluding carboxylic acids is 1. The standard InChI is InChI=1S/C14H22N2O4/c1-18-10-8-16(9-11-19-2)14(17)15-12-20-13-6-4-3-5-7-13/h3-7H,8-12H2,1-2H3,(H,15,17). The average molecular weight is 282 g/mol. The predicted molar refractivity (Wildman–Crippen MR) is 75.8 cm³/mol. The van der Waals surface area contributed by atoms with Gasteiger partial charge in [-0.05, 0) is 12.1 Å². The molecule has 1 N–H and O–H groups in total. The maximum absolute atomic E-state index is 12.0. The van der Waals surface area contributed by atoms with Crippen LogP contribution in [-0.2, 0) is 9.47 Å².